The minimum atomic E-state index is -2.37. The Labute approximate surface area is 232 Å². The summed E-state index contributed by atoms with van der Waals surface area (Å²) in [5, 5.41) is 11.5. The normalized spacial score (nSPS) is 45.1. The topological polar surface area (TPSA) is 99.1 Å². The number of halogens is 3. The van der Waals surface area contributed by atoms with Crippen LogP contribution in [-0.2, 0) is 23.8 Å². The largest absolute Gasteiger partial charge is 0.509 e. The zero-order chi connectivity index (χ0) is 29.3. The van der Waals surface area contributed by atoms with Crippen molar-refractivity contribution in [2.75, 3.05) is 6.86 Å². The fraction of sp³-hybridized carbons (Fsp3) is 0.767. The number of carbonyl (C=O) groups is 3. The maximum atomic E-state index is 17.4. The molecule has 5 aliphatic carbocycles. The van der Waals surface area contributed by atoms with Gasteiger partial charge in [-0.25, -0.2) is 22.8 Å². The van der Waals surface area contributed by atoms with Gasteiger partial charge in [0.1, 0.15) is 12.3 Å². The van der Waals surface area contributed by atoms with Crippen molar-refractivity contribution >= 4 is 17.9 Å². The first-order valence-corrected chi connectivity index (χ1v) is 14.3. The van der Waals surface area contributed by atoms with Crippen molar-refractivity contribution < 1.29 is 46.9 Å². The van der Waals surface area contributed by atoms with Crippen LogP contribution >= 0.6 is 0 Å². The Morgan fingerprint density at radius 2 is 1.85 bits per heavy atom. The Hall–Kier alpha value is -2.36. The number of hydrogen-bond donors (Lipinski definition) is 1. The second-order valence-corrected chi connectivity index (χ2v) is 13.0. The highest BCUT2D eigenvalue weighted by Gasteiger charge is 2.79. The molecule has 7 nitrogen and oxygen atoms in total. The fourth-order valence-electron chi connectivity index (χ4n) is 9.20. The van der Waals surface area contributed by atoms with Gasteiger partial charge in [0.25, 0.3) is 0 Å². The summed E-state index contributed by atoms with van der Waals surface area (Å²) in [7, 11) is 0. The second-order valence-electron chi connectivity index (χ2n) is 13.0. The minimum Gasteiger partial charge on any atom is -0.431 e. The monoisotopic (exact) mass is 568 g/mol. The van der Waals surface area contributed by atoms with Gasteiger partial charge in [0.15, 0.2) is 11.5 Å². The standard InChI is InChI=1S/C30H39F3O7/c1-16-11-20-21-13-23(32)22-12-19(34)9-10-27(22,3)29(21,33)24(35)14-28(20,4)30(16,25(36)38-15-31)40-26(37)39-17(2)18-7-5-6-8-18/h9-10,12,16-18,20-21,23-24,35H,5-8,11,13-15H2,1-4H3/t16-,17?,20+,21?,23+,24?,27?,28+,29+,30+/m1/s1. The van der Waals surface area contributed by atoms with Crippen molar-refractivity contribution in [3.8, 4) is 0 Å². The molecule has 0 spiro atoms. The number of aliphatic hydroxyl groups excluding tert-OH is 1. The summed E-state index contributed by atoms with van der Waals surface area (Å²) in [5.74, 6) is -4.07. The van der Waals surface area contributed by atoms with Crippen LogP contribution in [0.1, 0.15) is 72.6 Å². The lowest BCUT2D eigenvalue weighted by molar-refractivity contribution is -0.235. The van der Waals surface area contributed by atoms with Crippen LogP contribution in [0.15, 0.2) is 23.8 Å². The number of rotatable bonds is 5. The molecule has 1 N–H and O–H groups in total. The first-order valence-electron chi connectivity index (χ1n) is 14.3. The second kappa shape index (κ2) is 9.88. The minimum absolute atomic E-state index is 0.0173. The number of fused-ring (bicyclic) bond motifs is 5. The highest BCUT2D eigenvalue weighted by atomic mass is 19.1. The Morgan fingerprint density at radius 3 is 2.50 bits per heavy atom. The number of alkyl halides is 3. The van der Waals surface area contributed by atoms with Gasteiger partial charge in [0.2, 0.25) is 12.5 Å². The van der Waals surface area contributed by atoms with Gasteiger partial charge < -0.3 is 19.3 Å². The summed E-state index contributed by atoms with van der Waals surface area (Å²) in [6.45, 7) is 4.99. The quantitative estimate of drug-likeness (QED) is 0.438. The lowest BCUT2D eigenvalue weighted by Gasteiger charge is -2.62. The zero-order valence-electron chi connectivity index (χ0n) is 23.5. The lowest BCUT2D eigenvalue weighted by atomic mass is 9.44. The molecular weight excluding hydrogens is 529 g/mol. The SMILES string of the molecule is CC(OC(=O)O[C@]1(C(=O)OCF)[C@H](C)C[C@H]2C3C[C@H](F)C4=CC(=O)C=CC4(C)[C@@]3(F)C(O)C[C@@]21C)C1CCCC1. The van der Waals surface area contributed by atoms with Crippen molar-refractivity contribution in [1.82, 2.24) is 0 Å². The smallest absolute Gasteiger partial charge is 0.431 e. The molecule has 10 heteroatoms. The summed E-state index contributed by atoms with van der Waals surface area (Å²) in [6.07, 6.45) is 1.94. The van der Waals surface area contributed by atoms with Crippen LogP contribution in [-0.4, -0.2) is 59.5 Å². The summed E-state index contributed by atoms with van der Waals surface area (Å²) in [5.41, 5.74) is -7.52. The molecule has 0 aromatic carbocycles. The van der Waals surface area contributed by atoms with E-state index < -0.39 is 83.0 Å². The molecule has 0 amide bonds. The Morgan fingerprint density at radius 1 is 1.18 bits per heavy atom. The van der Waals surface area contributed by atoms with Crippen LogP contribution in [0, 0.1) is 34.5 Å². The predicted molar refractivity (Wildman–Crippen MR) is 137 cm³/mol. The van der Waals surface area contributed by atoms with Crippen LogP contribution in [0.5, 0.6) is 0 Å². The predicted octanol–water partition coefficient (Wildman–Crippen LogP) is 5.49. The molecule has 40 heavy (non-hydrogen) atoms. The first-order chi connectivity index (χ1) is 18.8. The van der Waals surface area contributed by atoms with E-state index in [0.717, 1.165) is 31.8 Å². The molecule has 0 saturated heterocycles. The number of ether oxygens (including phenoxy) is 3. The van der Waals surface area contributed by atoms with Crippen LogP contribution in [0.4, 0.5) is 18.0 Å². The number of ketones is 1. The van der Waals surface area contributed by atoms with Gasteiger partial charge >= 0.3 is 12.1 Å². The number of allylic oxidation sites excluding steroid dienone is 4. The highest BCUT2D eigenvalue weighted by molar-refractivity contribution is 6.01. The first kappa shape index (κ1) is 29.1. The van der Waals surface area contributed by atoms with Gasteiger partial charge in [-0.15, -0.1) is 0 Å². The van der Waals surface area contributed by atoms with E-state index in [9.17, 15) is 23.9 Å². The number of hydrogen-bond acceptors (Lipinski definition) is 7. The molecule has 4 fully saturated rings. The molecule has 0 aromatic heterocycles. The highest BCUT2D eigenvalue weighted by Crippen LogP contribution is 2.71. The van der Waals surface area contributed by atoms with E-state index >= 15 is 8.78 Å². The molecule has 0 aromatic rings. The third-order valence-electron chi connectivity index (χ3n) is 11.2. The number of carbonyl (C=O) groups excluding carboxylic acids is 3. The third kappa shape index (κ3) is 3.83. The van der Waals surface area contributed by atoms with Crippen LogP contribution in [0.3, 0.4) is 0 Å². The average Bonchev–Trinajstić information content (AvgIpc) is 3.50. The van der Waals surface area contributed by atoms with Gasteiger partial charge in [-0.1, -0.05) is 32.8 Å². The van der Waals surface area contributed by atoms with Crippen molar-refractivity contribution in [2.45, 2.75) is 102 Å². The fourth-order valence-corrected chi connectivity index (χ4v) is 9.20. The van der Waals surface area contributed by atoms with Crippen LogP contribution in [0.2, 0.25) is 0 Å². The van der Waals surface area contributed by atoms with E-state index in [1.54, 1.807) is 20.8 Å². The van der Waals surface area contributed by atoms with Gasteiger partial charge in [0.05, 0.1) is 6.10 Å². The Kier molecular flexibility index (Phi) is 7.20. The van der Waals surface area contributed by atoms with Gasteiger partial charge in [0, 0.05) is 22.7 Å². The third-order valence-corrected chi connectivity index (χ3v) is 11.2. The summed E-state index contributed by atoms with van der Waals surface area (Å²) >= 11 is 0. The van der Waals surface area contributed by atoms with E-state index in [2.05, 4.69) is 0 Å². The Balaban J connectivity index is 1.54. The van der Waals surface area contributed by atoms with Crippen molar-refractivity contribution in [3.63, 3.8) is 0 Å². The maximum absolute atomic E-state index is 17.4. The van der Waals surface area contributed by atoms with Crippen molar-refractivity contribution in [3.05, 3.63) is 23.8 Å². The zero-order valence-corrected chi connectivity index (χ0v) is 23.5. The lowest BCUT2D eigenvalue weighted by Crippen LogP contribution is -2.71. The van der Waals surface area contributed by atoms with Crippen LogP contribution in [0.25, 0.3) is 0 Å². The maximum Gasteiger partial charge on any atom is 0.509 e. The number of esters is 1. The molecule has 10 atom stereocenters. The molecule has 222 valence electrons. The van der Waals surface area contributed by atoms with E-state index in [1.165, 1.54) is 19.1 Å². The summed E-state index contributed by atoms with van der Waals surface area (Å²) in [4.78, 5) is 38.8. The summed E-state index contributed by atoms with van der Waals surface area (Å²) < 4.78 is 62.8. The summed E-state index contributed by atoms with van der Waals surface area (Å²) in [6, 6.07) is 0. The molecule has 0 heterocycles. The average molecular weight is 569 g/mol. The molecule has 4 unspecified atom stereocenters. The Bertz CT molecular complexity index is 1130. The van der Waals surface area contributed by atoms with E-state index in [4.69, 9.17) is 14.2 Å². The number of aliphatic hydroxyl groups is 1. The van der Waals surface area contributed by atoms with Gasteiger partial charge in [-0.3, -0.25) is 4.79 Å². The molecule has 5 rings (SSSR count). The van der Waals surface area contributed by atoms with Crippen molar-refractivity contribution in [1.29, 1.82) is 0 Å². The molecular formula is C30H39F3O7. The van der Waals surface area contributed by atoms with E-state index in [1.807, 2.05) is 0 Å². The van der Waals surface area contributed by atoms with Gasteiger partial charge in [-0.2, -0.15) is 0 Å². The van der Waals surface area contributed by atoms with Gasteiger partial charge in [-0.05, 0) is 75.5 Å². The van der Waals surface area contributed by atoms with E-state index in [0.29, 0.717) is 0 Å². The van der Waals surface area contributed by atoms with Crippen LogP contribution < -0.4 is 0 Å². The van der Waals surface area contributed by atoms with E-state index in [-0.39, 0.29) is 30.8 Å². The molecule has 4 saturated carbocycles. The molecule has 5 aliphatic rings. The molecule has 0 radical (unpaired) electrons. The molecule has 0 bridgehead atoms. The van der Waals surface area contributed by atoms with Crippen molar-refractivity contribution in [2.24, 2.45) is 34.5 Å². The molecule has 0 aliphatic heterocycles.